The van der Waals surface area contributed by atoms with Crippen molar-refractivity contribution in [2.24, 2.45) is 10.8 Å². The highest BCUT2D eigenvalue weighted by molar-refractivity contribution is 7.80. The summed E-state index contributed by atoms with van der Waals surface area (Å²) in [6.07, 6.45) is 1.43. The Hall–Kier alpha value is -2.48. The summed E-state index contributed by atoms with van der Waals surface area (Å²) in [6, 6.07) is 5.20. The number of hydrogen-bond acceptors (Lipinski definition) is 4. The van der Waals surface area contributed by atoms with Crippen LogP contribution >= 0.6 is 12.2 Å². The summed E-state index contributed by atoms with van der Waals surface area (Å²) in [5, 5.41) is 19.7. The molecule has 0 aliphatic rings. The minimum Gasteiger partial charge on any atom is -0.476 e. The van der Waals surface area contributed by atoms with Gasteiger partial charge in [0.25, 0.3) is 0 Å². The third-order valence-electron chi connectivity index (χ3n) is 2.20. The van der Waals surface area contributed by atoms with E-state index in [9.17, 15) is 4.79 Å². The number of hydrazone groups is 1. The van der Waals surface area contributed by atoms with E-state index in [2.05, 4.69) is 32.9 Å². The van der Waals surface area contributed by atoms with Crippen molar-refractivity contribution in [1.29, 1.82) is 0 Å². The largest absolute Gasteiger partial charge is 0.476 e. The first-order valence-electron chi connectivity index (χ1n) is 4.88. The zero-order valence-corrected chi connectivity index (χ0v) is 9.86. The number of rotatable bonds is 3. The first-order valence-corrected chi connectivity index (χ1v) is 5.29. The zero-order valence-electron chi connectivity index (χ0n) is 9.04. The van der Waals surface area contributed by atoms with Crippen LogP contribution in [0.2, 0.25) is 0 Å². The van der Waals surface area contributed by atoms with Crippen LogP contribution in [0.4, 0.5) is 0 Å². The molecule has 0 fully saturated rings. The molecule has 0 saturated carbocycles. The molecular weight excluding hydrogens is 254 g/mol. The van der Waals surface area contributed by atoms with Gasteiger partial charge in [-0.05, 0) is 18.3 Å². The molecule has 18 heavy (non-hydrogen) atoms. The lowest BCUT2D eigenvalue weighted by atomic mass is 10.1. The molecule has 0 unspecified atom stereocenters. The number of fused-ring (bicyclic) bond motifs is 1. The van der Waals surface area contributed by atoms with Crippen LogP contribution in [0.15, 0.2) is 23.3 Å². The summed E-state index contributed by atoms with van der Waals surface area (Å²) in [7, 11) is 0. The number of aromatic nitrogens is 2. The van der Waals surface area contributed by atoms with Crippen LogP contribution in [0.3, 0.4) is 0 Å². The van der Waals surface area contributed by atoms with E-state index < -0.39 is 5.97 Å². The van der Waals surface area contributed by atoms with Crippen LogP contribution in [0.5, 0.6) is 0 Å². The Morgan fingerprint density at radius 1 is 1.61 bits per heavy atom. The first kappa shape index (κ1) is 12.0. The second-order valence-electron chi connectivity index (χ2n) is 3.38. The standard InChI is InChI=1S/C10H9N5O2S/c11-10(18)15-12-4-5-2-1-3-6-7(5)8(9(16)17)14-13-6/h1-4H,(H,13,14)(H,16,17)(H3,11,15,18). The predicted octanol–water partition coefficient (Wildman–Crippen LogP) is 0.428. The van der Waals surface area contributed by atoms with Gasteiger partial charge in [0.05, 0.1) is 11.7 Å². The Balaban J connectivity index is 2.49. The van der Waals surface area contributed by atoms with Crippen LogP contribution in [-0.4, -0.2) is 32.6 Å². The minimum absolute atomic E-state index is 0.0316. The van der Waals surface area contributed by atoms with Crippen molar-refractivity contribution in [3.63, 3.8) is 0 Å². The van der Waals surface area contributed by atoms with E-state index in [0.717, 1.165) is 0 Å². The summed E-state index contributed by atoms with van der Waals surface area (Å²) in [4.78, 5) is 11.0. The maximum absolute atomic E-state index is 11.0. The van der Waals surface area contributed by atoms with Gasteiger partial charge in [-0.25, -0.2) is 4.79 Å². The van der Waals surface area contributed by atoms with E-state index in [0.29, 0.717) is 16.5 Å². The van der Waals surface area contributed by atoms with Gasteiger partial charge in [-0.3, -0.25) is 10.5 Å². The van der Waals surface area contributed by atoms with Gasteiger partial charge in [0.15, 0.2) is 10.8 Å². The number of aromatic carboxylic acids is 1. The third kappa shape index (κ3) is 2.28. The van der Waals surface area contributed by atoms with E-state index in [-0.39, 0.29) is 10.8 Å². The fourth-order valence-electron chi connectivity index (χ4n) is 1.53. The number of carboxylic acids is 1. The van der Waals surface area contributed by atoms with Gasteiger partial charge in [-0.1, -0.05) is 12.1 Å². The van der Waals surface area contributed by atoms with Crippen LogP contribution in [-0.2, 0) is 0 Å². The molecule has 0 spiro atoms. The number of benzene rings is 1. The molecule has 2 aromatic rings. The van der Waals surface area contributed by atoms with Crippen molar-refractivity contribution >= 4 is 40.4 Å². The van der Waals surface area contributed by atoms with E-state index in [4.69, 9.17) is 10.8 Å². The van der Waals surface area contributed by atoms with Crippen LogP contribution in [0, 0.1) is 0 Å². The fourth-order valence-corrected chi connectivity index (χ4v) is 1.58. The molecule has 2 rings (SSSR count). The van der Waals surface area contributed by atoms with E-state index in [1.54, 1.807) is 18.2 Å². The predicted molar refractivity (Wildman–Crippen MR) is 70.6 cm³/mol. The Bertz CT molecular complexity index is 649. The molecule has 0 bridgehead atoms. The molecule has 0 aliphatic carbocycles. The Morgan fingerprint density at radius 3 is 3.06 bits per heavy atom. The Labute approximate surface area is 107 Å². The number of carboxylic acid groups (broad SMARTS) is 1. The van der Waals surface area contributed by atoms with Gasteiger partial charge in [0.1, 0.15) is 0 Å². The maximum Gasteiger partial charge on any atom is 0.357 e. The Morgan fingerprint density at radius 2 is 2.39 bits per heavy atom. The average molecular weight is 263 g/mol. The average Bonchev–Trinajstić information content (AvgIpc) is 2.73. The van der Waals surface area contributed by atoms with E-state index in [1.165, 1.54) is 6.21 Å². The summed E-state index contributed by atoms with van der Waals surface area (Å²) < 4.78 is 0. The minimum atomic E-state index is -1.11. The van der Waals surface area contributed by atoms with Crippen molar-refractivity contribution in [1.82, 2.24) is 15.6 Å². The molecule has 1 aromatic heterocycles. The topological polar surface area (TPSA) is 116 Å². The number of thiocarbonyl (C=S) groups is 1. The molecule has 1 heterocycles. The highest BCUT2D eigenvalue weighted by atomic mass is 32.1. The summed E-state index contributed by atoms with van der Waals surface area (Å²) >= 11 is 4.60. The van der Waals surface area contributed by atoms with Gasteiger partial charge < -0.3 is 10.8 Å². The van der Waals surface area contributed by atoms with Gasteiger partial charge in [-0.2, -0.15) is 10.2 Å². The summed E-state index contributed by atoms with van der Waals surface area (Å²) in [5.41, 5.74) is 8.78. The lowest BCUT2D eigenvalue weighted by Crippen LogP contribution is -2.24. The number of carbonyl (C=O) groups is 1. The van der Waals surface area contributed by atoms with Gasteiger partial charge in [-0.15, -0.1) is 0 Å². The molecule has 0 amide bonds. The van der Waals surface area contributed by atoms with Crippen LogP contribution in [0.25, 0.3) is 10.9 Å². The number of nitrogens with two attached hydrogens (primary N) is 1. The normalized spacial score (nSPS) is 10.9. The lowest BCUT2D eigenvalue weighted by Gasteiger charge is -1.98. The smallest absolute Gasteiger partial charge is 0.357 e. The van der Waals surface area contributed by atoms with Crippen molar-refractivity contribution in [2.45, 2.75) is 0 Å². The molecule has 0 atom stereocenters. The quantitative estimate of drug-likeness (QED) is 0.362. The van der Waals surface area contributed by atoms with E-state index in [1.807, 2.05) is 0 Å². The van der Waals surface area contributed by atoms with Crippen molar-refractivity contribution in [3.8, 4) is 0 Å². The number of H-pyrrole nitrogens is 1. The van der Waals surface area contributed by atoms with Crippen molar-refractivity contribution in [3.05, 3.63) is 29.5 Å². The van der Waals surface area contributed by atoms with E-state index >= 15 is 0 Å². The molecule has 5 N–H and O–H groups in total. The maximum atomic E-state index is 11.0. The highest BCUT2D eigenvalue weighted by Gasteiger charge is 2.14. The highest BCUT2D eigenvalue weighted by Crippen LogP contribution is 2.19. The third-order valence-corrected chi connectivity index (χ3v) is 2.29. The van der Waals surface area contributed by atoms with Gasteiger partial charge >= 0.3 is 5.97 Å². The Kier molecular flexibility index (Phi) is 3.20. The van der Waals surface area contributed by atoms with Crippen molar-refractivity contribution in [2.75, 3.05) is 0 Å². The van der Waals surface area contributed by atoms with Crippen molar-refractivity contribution < 1.29 is 9.90 Å². The van der Waals surface area contributed by atoms with Crippen LogP contribution in [0.1, 0.15) is 16.1 Å². The molecule has 92 valence electrons. The number of aromatic amines is 1. The molecule has 8 heteroatoms. The molecule has 0 radical (unpaired) electrons. The zero-order chi connectivity index (χ0) is 13.1. The first-order chi connectivity index (χ1) is 8.59. The van der Waals surface area contributed by atoms with Crippen LogP contribution < -0.4 is 11.2 Å². The molecule has 0 saturated heterocycles. The number of hydrogen-bond donors (Lipinski definition) is 4. The molecule has 7 nitrogen and oxygen atoms in total. The monoisotopic (exact) mass is 263 g/mol. The second-order valence-corrected chi connectivity index (χ2v) is 3.82. The van der Waals surface area contributed by atoms with Gasteiger partial charge in [0.2, 0.25) is 0 Å². The SMILES string of the molecule is NC(=S)NN=Cc1cccc2[nH]nc(C(=O)O)c12. The second kappa shape index (κ2) is 4.80. The number of nitrogens with zero attached hydrogens (tertiary/aromatic N) is 2. The molecule has 0 aliphatic heterocycles. The molecular formula is C10H9N5O2S. The molecule has 1 aromatic carbocycles. The lowest BCUT2D eigenvalue weighted by molar-refractivity contribution is 0.0692. The van der Waals surface area contributed by atoms with Gasteiger partial charge in [0, 0.05) is 10.9 Å². The fraction of sp³-hybridized carbons (Fsp3) is 0. The summed E-state index contributed by atoms with van der Waals surface area (Å²) in [6.45, 7) is 0. The summed E-state index contributed by atoms with van der Waals surface area (Å²) in [5.74, 6) is -1.11. The number of nitrogens with one attached hydrogen (secondary N) is 2.